The van der Waals surface area contributed by atoms with E-state index in [1.54, 1.807) is 0 Å². The number of unbranched alkanes of at least 4 members (excludes halogenated alkanes) is 1. The van der Waals surface area contributed by atoms with E-state index in [0.717, 1.165) is 46.6 Å². The summed E-state index contributed by atoms with van der Waals surface area (Å²) in [6.07, 6.45) is 4.21. The molecule has 0 aliphatic rings. The minimum absolute atomic E-state index is 0.133. The van der Waals surface area contributed by atoms with Crippen LogP contribution in [0.1, 0.15) is 19.8 Å². The number of carbonyl (C=O) groups excluding carboxylic acids is 1. The van der Waals surface area contributed by atoms with Crippen molar-refractivity contribution >= 4 is 33.3 Å². The molecule has 0 saturated heterocycles. The first-order chi connectivity index (χ1) is 12.6. The number of nitrogens with zero attached hydrogens (tertiary/aromatic N) is 2. The second-order valence-electron chi connectivity index (χ2n) is 5.94. The number of fused-ring (bicyclic) bond motifs is 1. The van der Waals surface area contributed by atoms with Gasteiger partial charge in [0.1, 0.15) is 22.9 Å². The second kappa shape index (κ2) is 8.23. The van der Waals surface area contributed by atoms with Gasteiger partial charge in [-0.15, -0.1) is 0 Å². The highest BCUT2D eigenvalue weighted by molar-refractivity contribution is 9.10. The first-order valence-corrected chi connectivity index (χ1v) is 9.31. The number of halogens is 1. The fourth-order valence-electron chi connectivity index (χ4n) is 2.64. The van der Waals surface area contributed by atoms with Crippen molar-refractivity contribution in [3.05, 3.63) is 47.1 Å². The van der Waals surface area contributed by atoms with Gasteiger partial charge in [0.2, 0.25) is 0 Å². The van der Waals surface area contributed by atoms with Crippen LogP contribution in [0, 0.1) is 0 Å². The molecule has 0 spiro atoms. The Hall–Kier alpha value is -2.54. The molecule has 2 heterocycles. The molecule has 6 nitrogen and oxygen atoms in total. The molecule has 1 amide bonds. The maximum Gasteiger partial charge on any atom is 0.255 e. The van der Waals surface area contributed by atoms with Crippen LogP contribution in [-0.2, 0) is 4.79 Å². The minimum Gasteiger partial charge on any atom is -0.484 e. The Labute approximate surface area is 160 Å². The van der Waals surface area contributed by atoms with Gasteiger partial charge in [0.15, 0.2) is 6.61 Å². The molecule has 0 aliphatic carbocycles. The molecule has 7 heteroatoms. The molecule has 3 rings (SSSR count). The van der Waals surface area contributed by atoms with Gasteiger partial charge in [0, 0.05) is 22.8 Å². The van der Waals surface area contributed by atoms with Crippen LogP contribution in [0.5, 0.6) is 5.75 Å². The number of rotatable bonds is 8. The number of benzene rings is 1. The van der Waals surface area contributed by atoms with Gasteiger partial charge in [0.25, 0.3) is 5.91 Å². The van der Waals surface area contributed by atoms with Crippen molar-refractivity contribution in [3.63, 3.8) is 0 Å². The number of amides is 1. The van der Waals surface area contributed by atoms with E-state index in [1.165, 1.54) is 0 Å². The highest BCUT2D eigenvalue weighted by atomic mass is 79.9. The highest BCUT2D eigenvalue weighted by Crippen LogP contribution is 2.31. The average molecular weight is 417 g/mol. The van der Waals surface area contributed by atoms with E-state index >= 15 is 0 Å². The van der Waals surface area contributed by atoms with Gasteiger partial charge in [-0.3, -0.25) is 9.20 Å². The minimum atomic E-state index is -0.498. The van der Waals surface area contributed by atoms with E-state index in [1.807, 2.05) is 47.0 Å². The summed E-state index contributed by atoms with van der Waals surface area (Å²) >= 11 is 3.52. The quantitative estimate of drug-likeness (QED) is 0.546. The fraction of sp³-hybridized carbons (Fsp3) is 0.263. The van der Waals surface area contributed by atoms with Crippen LogP contribution in [0.15, 0.2) is 47.1 Å². The molecule has 2 aromatic heterocycles. The van der Waals surface area contributed by atoms with Gasteiger partial charge >= 0.3 is 0 Å². The number of pyridine rings is 1. The smallest absolute Gasteiger partial charge is 0.255 e. The Morgan fingerprint density at radius 3 is 2.73 bits per heavy atom. The lowest BCUT2D eigenvalue weighted by Crippen LogP contribution is -2.19. The van der Waals surface area contributed by atoms with Gasteiger partial charge in [-0.1, -0.05) is 13.3 Å². The predicted molar refractivity (Wildman–Crippen MR) is 106 cm³/mol. The first kappa shape index (κ1) is 18.3. The normalized spacial score (nSPS) is 10.8. The number of ether oxygens (including phenoxy) is 1. The van der Waals surface area contributed by atoms with Crippen LogP contribution >= 0.6 is 15.9 Å². The Morgan fingerprint density at radius 2 is 2.04 bits per heavy atom. The van der Waals surface area contributed by atoms with Crippen molar-refractivity contribution in [2.75, 3.05) is 18.5 Å². The molecule has 0 bridgehead atoms. The number of nitrogens with two attached hydrogens (primary N) is 1. The van der Waals surface area contributed by atoms with Crippen molar-refractivity contribution in [3.8, 4) is 17.0 Å². The van der Waals surface area contributed by atoms with Crippen molar-refractivity contribution < 1.29 is 9.53 Å². The monoisotopic (exact) mass is 416 g/mol. The van der Waals surface area contributed by atoms with Crippen LogP contribution in [0.25, 0.3) is 16.9 Å². The summed E-state index contributed by atoms with van der Waals surface area (Å²) in [7, 11) is 0. The summed E-state index contributed by atoms with van der Waals surface area (Å²) < 4.78 is 8.36. The zero-order chi connectivity index (χ0) is 18.5. The number of nitrogens with one attached hydrogen (secondary N) is 1. The third-order valence-corrected chi connectivity index (χ3v) is 4.38. The number of imidazole rings is 1. The second-order valence-corrected chi connectivity index (χ2v) is 6.86. The molecular formula is C19H21BrN4O2. The molecule has 3 aromatic rings. The molecule has 0 radical (unpaired) electrons. The van der Waals surface area contributed by atoms with E-state index in [-0.39, 0.29) is 6.61 Å². The molecule has 0 fully saturated rings. The third kappa shape index (κ3) is 4.16. The van der Waals surface area contributed by atoms with Gasteiger partial charge in [0.05, 0.1) is 0 Å². The maximum absolute atomic E-state index is 10.8. The lowest BCUT2D eigenvalue weighted by Gasteiger charge is -2.09. The van der Waals surface area contributed by atoms with Crippen LogP contribution in [0.2, 0.25) is 0 Å². The topological polar surface area (TPSA) is 81.6 Å². The van der Waals surface area contributed by atoms with Crippen molar-refractivity contribution in [1.82, 2.24) is 9.38 Å². The van der Waals surface area contributed by atoms with E-state index in [0.29, 0.717) is 5.75 Å². The lowest BCUT2D eigenvalue weighted by atomic mass is 10.1. The van der Waals surface area contributed by atoms with E-state index < -0.39 is 5.91 Å². The molecule has 136 valence electrons. The molecule has 3 N–H and O–H groups in total. The number of aromatic nitrogens is 2. The van der Waals surface area contributed by atoms with E-state index in [2.05, 4.69) is 28.2 Å². The first-order valence-electron chi connectivity index (χ1n) is 8.51. The molecule has 0 unspecified atom stereocenters. The molecular weight excluding hydrogens is 396 g/mol. The van der Waals surface area contributed by atoms with Crippen LogP contribution in [0.3, 0.4) is 0 Å². The van der Waals surface area contributed by atoms with Gasteiger partial charge < -0.3 is 15.8 Å². The van der Waals surface area contributed by atoms with Crippen molar-refractivity contribution in [2.45, 2.75) is 19.8 Å². The average Bonchev–Trinajstić information content (AvgIpc) is 2.98. The van der Waals surface area contributed by atoms with Crippen molar-refractivity contribution in [2.24, 2.45) is 5.73 Å². The Kier molecular flexibility index (Phi) is 5.78. The number of anilines is 1. The van der Waals surface area contributed by atoms with Crippen LogP contribution < -0.4 is 15.8 Å². The van der Waals surface area contributed by atoms with Crippen molar-refractivity contribution in [1.29, 1.82) is 0 Å². The molecule has 0 saturated carbocycles. The fourth-order valence-corrected chi connectivity index (χ4v) is 2.97. The zero-order valence-corrected chi connectivity index (χ0v) is 16.1. The summed E-state index contributed by atoms with van der Waals surface area (Å²) in [5.41, 5.74) is 7.82. The van der Waals surface area contributed by atoms with E-state index in [4.69, 9.17) is 15.5 Å². The molecule has 26 heavy (non-hydrogen) atoms. The zero-order valence-electron chi connectivity index (χ0n) is 14.5. The standard InChI is InChI=1S/C19H21BrN4O2/c1-2-3-10-22-19-18(23-17-9-6-14(20)11-24(17)19)13-4-7-15(8-5-13)26-12-16(21)25/h4-9,11,22H,2-3,10,12H2,1H3,(H2,21,25). The Morgan fingerprint density at radius 1 is 1.27 bits per heavy atom. The Bertz CT molecular complexity index is 906. The predicted octanol–water partition coefficient (Wildman–Crippen LogP) is 3.84. The van der Waals surface area contributed by atoms with Crippen LogP contribution in [-0.4, -0.2) is 28.4 Å². The summed E-state index contributed by atoms with van der Waals surface area (Å²) in [6, 6.07) is 11.4. The van der Waals surface area contributed by atoms with Gasteiger partial charge in [-0.25, -0.2) is 4.98 Å². The van der Waals surface area contributed by atoms with Gasteiger partial charge in [-0.05, 0) is 58.7 Å². The Balaban J connectivity index is 1.95. The van der Waals surface area contributed by atoms with E-state index in [9.17, 15) is 4.79 Å². The summed E-state index contributed by atoms with van der Waals surface area (Å²) in [6.45, 7) is 2.91. The SMILES string of the molecule is CCCCNc1c(-c2ccc(OCC(N)=O)cc2)nc2ccc(Br)cn12. The lowest BCUT2D eigenvalue weighted by molar-refractivity contribution is -0.119. The number of hydrogen-bond donors (Lipinski definition) is 2. The number of hydrogen-bond acceptors (Lipinski definition) is 4. The summed E-state index contributed by atoms with van der Waals surface area (Å²) in [5.74, 6) is 1.06. The maximum atomic E-state index is 10.8. The molecule has 0 atom stereocenters. The van der Waals surface area contributed by atoms with Gasteiger partial charge in [-0.2, -0.15) is 0 Å². The molecule has 0 aliphatic heterocycles. The van der Waals surface area contributed by atoms with Crippen LogP contribution in [0.4, 0.5) is 5.82 Å². The third-order valence-electron chi connectivity index (χ3n) is 3.91. The largest absolute Gasteiger partial charge is 0.484 e. The number of primary amides is 1. The summed E-state index contributed by atoms with van der Waals surface area (Å²) in [4.78, 5) is 15.6. The molecule has 1 aromatic carbocycles. The summed E-state index contributed by atoms with van der Waals surface area (Å²) in [5, 5.41) is 3.50. The highest BCUT2D eigenvalue weighted by Gasteiger charge is 2.14. The number of carbonyl (C=O) groups is 1.